The maximum absolute atomic E-state index is 12.7. The van der Waals surface area contributed by atoms with Crippen LogP contribution in [0.3, 0.4) is 0 Å². The molecule has 6 heteroatoms. The van der Waals surface area contributed by atoms with E-state index < -0.39 is 11.5 Å². The molecule has 0 aromatic carbocycles. The van der Waals surface area contributed by atoms with Gasteiger partial charge in [-0.2, -0.15) is 0 Å². The molecule has 102 valence electrons. The molecule has 5 nitrogen and oxygen atoms in total. The van der Waals surface area contributed by atoms with Crippen LogP contribution in [0.15, 0.2) is 0 Å². The molecule has 18 heavy (non-hydrogen) atoms. The second kappa shape index (κ2) is 5.50. The van der Waals surface area contributed by atoms with Gasteiger partial charge >= 0.3 is 0 Å². The van der Waals surface area contributed by atoms with Crippen molar-refractivity contribution in [3.05, 3.63) is 0 Å². The van der Waals surface area contributed by atoms with Crippen LogP contribution in [-0.2, 0) is 9.53 Å². The third kappa shape index (κ3) is 2.50. The summed E-state index contributed by atoms with van der Waals surface area (Å²) in [4.78, 5) is 14.6. The van der Waals surface area contributed by atoms with Crippen LogP contribution in [0.2, 0.25) is 0 Å². The summed E-state index contributed by atoms with van der Waals surface area (Å²) < 4.78 is 5.30. The quantitative estimate of drug-likeness (QED) is 0.695. The maximum Gasteiger partial charge on any atom is 0.235 e. The third-order valence-electron chi connectivity index (χ3n) is 3.91. The van der Waals surface area contributed by atoms with Gasteiger partial charge in [0.1, 0.15) is 5.41 Å². The van der Waals surface area contributed by atoms with Crippen molar-refractivity contribution in [2.45, 2.75) is 31.8 Å². The van der Waals surface area contributed by atoms with E-state index >= 15 is 0 Å². The molecule has 3 N–H and O–H groups in total. The predicted molar refractivity (Wildman–Crippen MR) is 71.1 cm³/mol. The molecule has 2 rings (SSSR count). The summed E-state index contributed by atoms with van der Waals surface area (Å²) in [6.45, 7) is 2.10. The van der Waals surface area contributed by atoms with Gasteiger partial charge in [-0.1, -0.05) is 12.2 Å². The molecule has 2 saturated heterocycles. The average molecular weight is 272 g/mol. The average Bonchev–Trinajstić information content (AvgIpc) is 2.38. The van der Waals surface area contributed by atoms with E-state index in [9.17, 15) is 9.90 Å². The number of carbonyl (C=O) groups is 1. The van der Waals surface area contributed by atoms with Crippen molar-refractivity contribution >= 4 is 23.1 Å². The highest BCUT2D eigenvalue weighted by atomic mass is 32.1. The highest BCUT2D eigenvalue weighted by Gasteiger charge is 2.45. The minimum absolute atomic E-state index is 0.0305. The Balaban J connectivity index is 2.15. The lowest BCUT2D eigenvalue weighted by Crippen LogP contribution is -2.55. The van der Waals surface area contributed by atoms with Crippen LogP contribution < -0.4 is 5.73 Å². The van der Waals surface area contributed by atoms with Gasteiger partial charge in [0, 0.05) is 26.3 Å². The lowest BCUT2D eigenvalue weighted by molar-refractivity contribution is -0.145. The SMILES string of the molecule is NC(=S)C1(C(=O)N2CCCC(O)C2)CCOCC1. The first-order valence-corrected chi connectivity index (χ1v) is 6.82. The number of nitrogens with zero attached hydrogens (tertiary/aromatic N) is 1. The molecule has 2 aliphatic heterocycles. The van der Waals surface area contributed by atoms with Crippen LogP contribution in [0.4, 0.5) is 0 Å². The Labute approximate surface area is 112 Å². The van der Waals surface area contributed by atoms with E-state index in [0.717, 1.165) is 12.8 Å². The van der Waals surface area contributed by atoms with Gasteiger partial charge in [0.25, 0.3) is 0 Å². The molecule has 1 atom stereocenters. The van der Waals surface area contributed by atoms with Crippen LogP contribution in [-0.4, -0.2) is 53.3 Å². The minimum Gasteiger partial charge on any atom is -0.392 e. The minimum atomic E-state index is -0.759. The monoisotopic (exact) mass is 272 g/mol. The van der Waals surface area contributed by atoms with E-state index in [4.69, 9.17) is 22.7 Å². The number of amides is 1. The van der Waals surface area contributed by atoms with Crippen molar-refractivity contribution in [1.82, 2.24) is 4.90 Å². The first kappa shape index (κ1) is 13.7. The number of rotatable bonds is 2. The van der Waals surface area contributed by atoms with Crippen LogP contribution in [0.1, 0.15) is 25.7 Å². The summed E-state index contributed by atoms with van der Waals surface area (Å²) in [7, 11) is 0. The van der Waals surface area contributed by atoms with E-state index in [0.29, 0.717) is 39.1 Å². The second-order valence-corrected chi connectivity index (χ2v) is 5.55. The molecule has 0 aromatic rings. The first-order valence-electron chi connectivity index (χ1n) is 6.41. The standard InChI is InChI=1S/C12H20N2O3S/c13-10(18)12(3-6-17-7-4-12)11(16)14-5-1-2-9(15)8-14/h9,15H,1-8H2,(H2,13,18). The summed E-state index contributed by atoms with van der Waals surface area (Å²) in [5, 5.41) is 9.67. The molecule has 0 radical (unpaired) electrons. The Bertz CT molecular complexity index is 342. The molecule has 1 unspecified atom stereocenters. The van der Waals surface area contributed by atoms with Crippen molar-refractivity contribution in [3.63, 3.8) is 0 Å². The Kier molecular flexibility index (Phi) is 4.19. The molecule has 2 heterocycles. The molecular formula is C12H20N2O3S. The molecule has 0 bridgehead atoms. The summed E-state index contributed by atoms with van der Waals surface area (Å²) in [6, 6.07) is 0. The molecule has 0 aromatic heterocycles. The highest BCUT2D eigenvalue weighted by molar-refractivity contribution is 7.80. The Hall–Kier alpha value is -0.720. The largest absolute Gasteiger partial charge is 0.392 e. The van der Waals surface area contributed by atoms with Gasteiger partial charge in [-0.25, -0.2) is 0 Å². The van der Waals surface area contributed by atoms with Crippen molar-refractivity contribution in [3.8, 4) is 0 Å². The van der Waals surface area contributed by atoms with Crippen LogP contribution in [0.25, 0.3) is 0 Å². The fraction of sp³-hybridized carbons (Fsp3) is 0.833. The van der Waals surface area contributed by atoms with Crippen LogP contribution >= 0.6 is 12.2 Å². The zero-order valence-electron chi connectivity index (χ0n) is 10.4. The van der Waals surface area contributed by atoms with E-state index in [1.807, 2.05) is 0 Å². The van der Waals surface area contributed by atoms with Crippen molar-refractivity contribution in [1.29, 1.82) is 0 Å². The summed E-state index contributed by atoms with van der Waals surface area (Å²) in [5.41, 5.74) is 5.05. The lowest BCUT2D eigenvalue weighted by Gasteiger charge is -2.41. The van der Waals surface area contributed by atoms with Gasteiger partial charge in [-0.3, -0.25) is 4.79 Å². The fourth-order valence-electron chi connectivity index (χ4n) is 2.73. The molecule has 0 spiro atoms. The number of nitrogens with two attached hydrogens (primary N) is 1. The van der Waals surface area contributed by atoms with Crippen LogP contribution in [0, 0.1) is 5.41 Å². The molecule has 1 amide bonds. The number of thiocarbonyl (C=S) groups is 1. The molecule has 2 aliphatic rings. The molecule has 0 saturated carbocycles. The smallest absolute Gasteiger partial charge is 0.235 e. The number of carbonyl (C=O) groups excluding carboxylic acids is 1. The number of piperidine rings is 1. The van der Waals surface area contributed by atoms with Crippen LogP contribution in [0.5, 0.6) is 0 Å². The van der Waals surface area contributed by atoms with Gasteiger partial charge in [-0.05, 0) is 25.7 Å². The molecular weight excluding hydrogens is 252 g/mol. The zero-order valence-corrected chi connectivity index (χ0v) is 11.2. The normalized spacial score (nSPS) is 27.8. The number of hydrogen-bond acceptors (Lipinski definition) is 4. The maximum atomic E-state index is 12.7. The van der Waals surface area contributed by atoms with Crippen molar-refractivity contribution < 1.29 is 14.6 Å². The van der Waals surface area contributed by atoms with Gasteiger partial charge in [0.15, 0.2) is 0 Å². The summed E-state index contributed by atoms with van der Waals surface area (Å²) >= 11 is 5.11. The Morgan fingerprint density at radius 3 is 2.67 bits per heavy atom. The number of aliphatic hydroxyl groups excluding tert-OH is 1. The van der Waals surface area contributed by atoms with Crippen molar-refractivity contribution in [2.75, 3.05) is 26.3 Å². The molecule has 2 fully saturated rings. The van der Waals surface area contributed by atoms with Gasteiger partial charge in [-0.15, -0.1) is 0 Å². The lowest BCUT2D eigenvalue weighted by atomic mass is 9.78. The Morgan fingerprint density at radius 2 is 2.11 bits per heavy atom. The van der Waals surface area contributed by atoms with Gasteiger partial charge in [0.2, 0.25) is 5.91 Å². The highest BCUT2D eigenvalue weighted by Crippen LogP contribution is 2.34. The molecule has 0 aliphatic carbocycles. The van der Waals surface area contributed by atoms with E-state index in [1.54, 1.807) is 4.90 Å². The third-order valence-corrected chi connectivity index (χ3v) is 4.30. The van der Waals surface area contributed by atoms with E-state index in [1.165, 1.54) is 0 Å². The summed E-state index contributed by atoms with van der Waals surface area (Å²) in [6.07, 6.45) is 2.26. The number of aliphatic hydroxyl groups is 1. The van der Waals surface area contributed by atoms with E-state index in [2.05, 4.69) is 0 Å². The first-order chi connectivity index (χ1) is 8.56. The van der Waals surface area contributed by atoms with Crippen molar-refractivity contribution in [2.24, 2.45) is 11.1 Å². The van der Waals surface area contributed by atoms with E-state index in [-0.39, 0.29) is 10.9 Å². The fourth-order valence-corrected chi connectivity index (χ4v) is 3.02. The predicted octanol–water partition coefficient (Wildman–Crippen LogP) is 0.0526. The number of ether oxygens (including phenoxy) is 1. The summed E-state index contributed by atoms with van der Waals surface area (Å²) in [5.74, 6) is -0.0305. The number of hydrogen-bond donors (Lipinski definition) is 2. The number of likely N-dealkylation sites (tertiary alicyclic amines) is 1. The topological polar surface area (TPSA) is 75.8 Å². The second-order valence-electron chi connectivity index (χ2n) is 5.11. The van der Waals surface area contributed by atoms with Gasteiger partial charge < -0.3 is 20.5 Å². The van der Waals surface area contributed by atoms with Gasteiger partial charge in [0.05, 0.1) is 11.1 Å². The number of β-amino-alcohol motifs (C(OH)–C–C–N with tert-alkyl or cyclic N) is 1. The zero-order chi connectivity index (χ0) is 13.2. The Morgan fingerprint density at radius 1 is 1.44 bits per heavy atom.